The molecule has 5 aliphatic heterocycles. The number of carbonyl (C=O) groups is 1. The second kappa shape index (κ2) is 7.12. The molecule has 0 amide bonds. The monoisotopic (exact) mass is 452 g/mol. The van der Waals surface area contributed by atoms with E-state index in [4.69, 9.17) is 28.4 Å². The molecule has 8 heteroatoms. The van der Waals surface area contributed by atoms with Gasteiger partial charge in [0.15, 0.2) is 18.9 Å². The van der Waals surface area contributed by atoms with E-state index in [1.165, 1.54) is 6.92 Å². The van der Waals surface area contributed by atoms with Crippen molar-refractivity contribution < 1.29 is 38.3 Å². The van der Waals surface area contributed by atoms with E-state index in [2.05, 4.69) is 13.8 Å². The maximum absolute atomic E-state index is 12.2. The molecule has 5 saturated heterocycles. The fraction of sp³-hybridized carbons (Fsp3) is 0.958. The second-order valence-electron chi connectivity index (χ2n) is 11.2. The van der Waals surface area contributed by atoms with Gasteiger partial charge in [0.1, 0.15) is 11.7 Å². The number of fused-ring (bicyclic) bond motifs is 2. The van der Waals surface area contributed by atoms with Crippen molar-refractivity contribution in [2.75, 3.05) is 13.2 Å². The summed E-state index contributed by atoms with van der Waals surface area (Å²) in [5.41, 5.74) is -1.13. The first-order valence-corrected chi connectivity index (χ1v) is 12.3. The van der Waals surface area contributed by atoms with Gasteiger partial charge in [-0.1, -0.05) is 13.8 Å². The van der Waals surface area contributed by atoms with Gasteiger partial charge >= 0.3 is 5.97 Å². The lowest BCUT2D eigenvalue weighted by Crippen LogP contribution is -2.76. The molecular weight excluding hydrogens is 416 g/mol. The Kier molecular flexibility index (Phi) is 4.84. The molecule has 2 spiro atoms. The van der Waals surface area contributed by atoms with Crippen molar-refractivity contribution in [1.82, 2.24) is 0 Å². The average molecular weight is 453 g/mol. The van der Waals surface area contributed by atoms with Gasteiger partial charge in [0.25, 0.3) is 0 Å². The standard InChI is InChI=1S/C24H36O8/c1-5-27-21-24-16(9-15(30-21)10-23(24)11-28-23)22(4,12(2)6-18(24)29-13(3)25)17-7-14-8-19(26)32-20(14)31-17/h12,14-21,26H,5-11H2,1-4H3/t12-,14+,15+,16-,17+,18+,19-,20-,21?,22+,23+,24+/m1/s1. The molecule has 32 heavy (non-hydrogen) atoms. The zero-order valence-electron chi connectivity index (χ0n) is 19.5. The van der Waals surface area contributed by atoms with Gasteiger partial charge in [0.2, 0.25) is 0 Å². The first kappa shape index (κ1) is 21.7. The fourth-order valence-corrected chi connectivity index (χ4v) is 8.33. The van der Waals surface area contributed by atoms with Crippen LogP contribution in [0, 0.1) is 28.6 Å². The zero-order valence-corrected chi connectivity index (χ0v) is 19.5. The molecule has 2 saturated carbocycles. The maximum Gasteiger partial charge on any atom is 0.302 e. The molecule has 8 nitrogen and oxygen atoms in total. The van der Waals surface area contributed by atoms with Crippen molar-refractivity contribution in [1.29, 1.82) is 0 Å². The molecule has 0 aromatic carbocycles. The highest BCUT2D eigenvalue weighted by Gasteiger charge is 2.82. The Bertz CT molecular complexity index is 770. The molecule has 7 rings (SSSR count). The Morgan fingerprint density at radius 3 is 2.59 bits per heavy atom. The Morgan fingerprint density at radius 2 is 1.94 bits per heavy atom. The highest BCUT2D eigenvalue weighted by atomic mass is 16.7. The number of carbonyl (C=O) groups excluding carboxylic acids is 1. The van der Waals surface area contributed by atoms with Crippen molar-refractivity contribution in [3.63, 3.8) is 0 Å². The minimum Gasteiger partial charge on any atom is -0.462 e. The van der Waals surface area contributed by atoms with E-state index in [0.29, 0.717) is 26.1 Å². The smallest absolute Gasteiger partial charge is 0.302 e. The summed E-state index contributed by atoms with van der Waals surface area (Å²) in [6.45, 7) is 9.25. The van der Waals surface area contributed by atoms with Crippen molar-refractivity contribution in [3.8, 4) is 0 Å². The third-order valence-corrected chi connectivity index (χ3v) is 9.85. The summed E-state index contributed by atoms with van der Waals surface area (Å²) in [7, 11) is 0. The van der Waals surface area contributed by atoms with E-state index >= 15 is 0 Å². The van der Waals surface area contributed by atoms with E-state index in [0.717, 1.165) is 19.3 Å². The molecule has 2 bridgehead atoms. The molecule has 0 aromatic rings. The summed E-state index contributed by atoms with van der Waals surface area (Å²) in [5, 5.41) is 9.91. The van der Waals surface area contributed by atoms with Crippen LogP contribution in [0.15, 0.2) is 0 Å². The summed E-state index contributed by atoms with van der Waals surface area (Å²) < 4.78 is 37.2. The SMILES string of the molecule is CCOC1O[C@H]2C[C@@H]3[C@@](C)([C@@H]4C[C@H]5C[C@H](O)O[C@H]5O4)[C@H](C)C[C@H](OC(C)=O)[C@]13[C@@]1(CO1)C2. The van der Waals surface area contributed by atoms with Crippen LogP contribution in [0.3, 0.4) is 0 Å². The molecule has 1 unspecified atom stereocenters. The Balaban J connectivity index is 1.44. The van der Waals surface area contributed by atoms with Crippen LogP contribution in [0.25, 0.3) is 0 Å². The van der Waals surface area contributed by atoms with Crippen LogP contribution in [0.2, 0.25) is 0 Å². The van der Waals surface area contributed by atoms with E-state index in [-0.39, 0.29) is 59.3 Å². The van der Waals surface area contributed by atoms with Crippen LogP contribution in [-0.4, -0.2) is 67.1 Å². The number of ether oxygens (including phenoxy) is 6. The van der Waals surface area contributed by atoms with Gasteiger partial charge < -0.3 is 33.5 Å². The summed E-state index contributed by atoms with van der Waals surface area (Å²) in [5.74, 6) is 0.357. The number of aliphatic hydroxyl groups excluding tert-OH is 1. The van der Waals surface area contributed by atoms with E-state index in [1.807, 2.05) is 6.92 Å². The van der Waals surface area contributed by atoms with Crippen LogP contribution < -0.4 is 0 Å². The lowest BCUT2D eigenvalue weighted by atomic mass is 9.40. The van der Waals surface area contributed by atoms with Crippen molar-refractivity contribution in [2.24, 2.45) is 28.6 Å². The Morgan fingerprint density at radius 1 is 1.16 bits per heavy atom. The largest absolute Gasteiger partial charge is 0.462 e. The summed E-state index contributed by atoms with van der Waals surface area (Å²) in [6, 6.07) is 0. The summed E-state index contributed by atoms with van der Waals surface area (Å²) in [6.07, 6.45) is 2.10. The summed E-state index contributed by atoms with van der Waals surface area (Å²) >= 11 is 0. The molecule has 1 N–H and O–H groups in total. The quantitative estimate of drug-likeness (QED) is 0.513. The van der Waals surface area contributed by atoms with Gasteiger partial charge in [0.05, 0.1) is 24.2 Å². The predicted molar refractivity (Wildman–Crippen MR) is 110 cm³/mol. The first-order chi connectivity index (χ1) is 15.2. The molecule has 0 radical (unpaired) electrons. The van der Waals surface area contributed by atoms with Gasteiger partial charge in [-0.3, -0.25) is 4.79 Å². The zero-order chi connectivity index (χ0) is 22.5. The number of hydrogen-bond acceptors (Lipinski definition) is 8. The Hall–Kier alpha value is -0.770. The van der Waals surface area contributed by atoms with Crippen LogP contribution in [0.1, 0.15) is 59.8 Å². The van der Waals surface area contributed by atoms with Crippen LogP contribution in [0.4, 0.5) is 0 Å². The predicted octanol–water partition coefficient (Wildman–Crippen LogP) is 2.36. The normalized spacial score (nSPS) is 58.0. The van der Waals surface area contributed by atoms with E-state index < -0.39 is 18.0 Å². The van der Waals surface area contributed by atoms with Crippen molar-refractivity contribution in [3.05, 3.63) is 0 Å². The summed E-state index contributed by atoms with van der Waals surface area (Å²) in [4.78, 5) is 12.2. The number of hydrogen-bond donors (Lipinski definition) is 1. The van der Waals surface area contributed by atoms with Gasteiger partial charge in [-0.25, -0.2) is 0 Å². The van der Waals surface area contributed by atoms with E-state index in [1.54, 1.807) is 0 Å². The lowest BCUT2D eigenvalue weighted by molar-refractivity contribution is -0.384. The molecule has 180 valence electrons. The third kappa shape index (κ3) is 2.68. The van der Waals surface area contributed by atoms with Crippen LogP contribution in [-0.2, 0) is 33.2 Å². The molecule has 0 aromatic heterocycles. The number of esters is 1. The second-order valence-corrected chi connectivity index (χ2v) is 11.2. The number of epoxide rings is 1. The topological polar surface area (TPSA) is 96.0 Å². The minimum atomic E-state index is -0.730. The first-order valence-electron chi connectivity index (χ1n) is 12.3. The maximum atomic E-state index is 12.2. The molecule has 7 aliphatic rings. The number of aliphatic hydroxyl groups is 1. The number of rotatable bonds is 4. The van der Waals surface area contributed by atoms with Gasteiger partial charge in [-0.15, -0.1) is 0 Å². The van der Waals surface area contributed by atoms with Gasteiger partial charge in [-0.05, 0) is 38.0 Å². The van der Waals surface area contributed by atoms with Crippen molar-refractivity contribution >= 4 is 5.97 Å². The average Bonchev–Trinajstić information content (AvgIpc) is 3.21. The molecule has 12 atom stereocenters. The molecule has 7 fully saturated rings. The van der Waals surface area contributed by atoms with E-state index in [9.17, 15) is 9.90 Å². The molecule has 2 aliphatic carbocycles. The van der Waals surface area contributed by atoms with Gasteiger partial charge in [0, 0.05) is 37.7 Å². The van der Waals surface area contributed by atoms with Crippen molar-refractivity contribution in [2.45, 2.75) is 103 Å². The highest BCUT2D eigenvalue weighted by Crippen LogP contribution is 2.74. The molecule has 5 heterocycles. The van der Waals surface area contributed by atoms with Gasteiger partial charge in [-0.2, -0.15) is 0 Å². The fourth-order valence-electron chi connectivity index (χ4n) is 8.33. The third-order valence-electron chi connectivity index (χ3n) is 9.85. The Labute approximate surface area is 189 Å². The van der Waals surface area contributed by atoms with Crippen LogP contribution in [0.5, 0.6) is 0 Å². The van der Waals surface area contributed by atoms with Crippen LogP contribution >= 0.6 is 0 Å². The highest BCUT2D eigenvalue weighted by molar-refractivity contribution is 5.66. The minimum absolute atomic E-state index is 0.00224. The lowest BCUT2D eigenvalue weighted by Gasteiger charge is -2.69. The molecular formula is C24H36O8.